The van der Waals surface area contributed by atoms with Crippen molar-refractivity contribution in [2.75, 3.05) is 5.32 Å². The summed E-state index contributed by atoms with van der Waals surface area (Å²) in [5.41, 5.74) is 4.51. The first kappa shape index (κ1) is 12.2. The number of H-pyrrole nitrogens is 1. The van der Waals surface area contributed by atoms with Crippen molar-refractivity contribution in [1.82, 2.24) is 9.97 Å². The number of imidazole rings is 1. The Labute approximate surface area is 120 Å². The van der Waals surface area contributed by atoms with Crippen LogP contribution in [0.1, 0.15) is 11.1 Å². The van der Waals surface area contributed by atoms with Crippen LogP contribution < -0.4 is 5.32 Å². The van der Waals surface area contributed by atoms with Gasteiger partial charge < -0.3 is 10.3 Å². The quantitative estimate of drug-likeness (QED) is 0.758. The van der Waals surface area contributed by atoms with E-state index in [0.717, 1.165) is 28.0 Å². The second-order valence-corrected chi connectivity index (χ2v) is 5.50. The summed E-state index contributed by atoms with van der Waals surface area (Å²) < 4.78 is 1.09. The summed E-state index contributed by atoms with van der Waals surface area (Å²) in [6, 6.07) is 14.5. The van der Waals surface area contributed by atoms with E-state index >= 15 is 0 Å². The molecule has 1 heterocycles. The molecule has 0 aliphatic carbocycles. The molecule has 0 aliphatic rings. The molecule has 0 aliphatic heterocycles. The molecule has 1 aromatic heterocycles. The lowest BCUT2D eigenvalue weighted by molar-refractivity contribution is 1.10. The Bertz CT molecular complexity index is 701. The zero-order valence-electron chi connectivity index (χ0n) is 10.6. The summed E-state index contributed by atoms with van der Waals surface area (Å²) in [5, 5.41) is 3.31. The molecule has 0 saturated heterocycles. The lowest BCUT2D eigenvalue weighted by atomic mass is 10.2. The number of nitrogens with zero attached hydrogens (tertiary/aromatic N) is 1. The van der Waals surface area contributed by atoms with Crippen LogP contribution >= 0.6 is 15.9 Å². The molecule has 96 valence electrons. The van der Waals surface area contributed by atoms with Crippen LogP contribution in [0.5, 0.6) is 0 Å². The maximum atomic E-state index is 4.51. The Morgan fingerprint density at radius 3 is 2.74 bits per heavy atom. The van der Waals surface area contributed by atoms with Crippen molar-refractivity contribution in [2.45, 2.75) is 13.5 Å². The lowest BCUT2D eigenvalue weighted by Crippen LogP contribution is -2.00. The largest absolute Gasteiger partial charge is 0.352 e. The van der Waals surface area contributed by atoms with Crippen molar-refractivity contribution in [3.8, 4) is 0 Å². The molecule has 19 heavy (non-hydrogen) atoms. The first-order valence-electron chi connectivity index (χ1n) is 6.15. The predicted molar refractivity (Wildman–Crippen MR) is 82.3 cm³/mol. The lowest BCUT2D eigenvalue weighted by Gasteiger charge is -2.02. The van der Waals surface area contributed by atoms with Crippen LogP contribution in [-0.4, -0.2) is 9.97 Å². The molecular weight excluding hydrogens is 302 g/mol. The van der Waals surface area contributed by atoms with Crippen molar-refractivity contribution in [2.24, 2.45) is 0 Å². The zero-order chi connectivity index (χ0) is 13.2. The monoisotopic (exact) mass is 315 g/mol. The van der Waals surface area contributed by atoms with E-state index in [1.165, 1.54) is 11.1 Å². The molecule has 3 aromatic rings. The fourth-order valence-corrected chi connectivity index (χ4v) is 2.26. The summed E-state index contributed by atoms with van der Waals surface area (Å²) in [5.74, 6) is 0.809. The normalized spacial score (nSPS) is 10.8. The van der Waals surface area contributed by atoms with Crippen molar-refractivity contribution in [3.05, 3.63) is 58.1 Å². The third kappa shape index (κ3) is 2.79. The average molecular weight is 316 g/mol. The summed E-state index contributed by atoms with van der Waals surface area (Å²) in [6.45, 7) is 2.83. The van der Waals surface area contributed by atoms with Crippen LogP contribution in [0.25, 0.3) is 11.0 Å². The van der Waals surface area contributed by atoms with E-state index in [1.807, 2.05) is 18.2 Å². The van der Waals surface area contributed by atoms with E-state index < -0.39 is 0 Å². The fourth-order valence-electron chi connectivity index (χ4n) is 2.00. The van der Waals surface area contributed by atoms with Gasteiger partial charge in [0.05, 0.1) is 11.0 Å². The molecule has 3 nitrogen and oxygen atoms in total. The smallest absolute Gasteiger partial charge is 0.201 e. The highest BCUT2D eigenvalue weighted by atomic mass is 79.9. The molecule has 2 aromatic carbocycles. The molecule has 0 saturated carbocycles. The number of aromatic nitrogens is 2. The number of anilines is 1. The minimum absolute atomic E-state index is 0.756. The molecule has 0 amide bonds. The number of nitrogens with one attached hydrogen (secondary N) is 2. The summed E-state index contributed by atoms with van der Waals surface area (Å²) in [6.07, 6.45) is 0. The second-order valence-electron chi connectivity index (χ2n) is 4.59. The van der Waals surface area contributed by atoms with Crippen molar-refractivity contribution < 1.29 is 0 Å². The predicted octanol–water partition coefficient (Wildman–Crippen LogP) is 4.25. The van der Waals surface area contributed by atoms with E-state index in [9.17, 15) is 0 Å². The van der Waals surface area contributed by atoms with Gasteiger partial charge in [-0.2, -0.15) is 0 Å². The standard InChI is InChI=1S/C15H14BrN3/c1-10-2-7-13-14(8-10)19-15(18-13)17-9-11-3-5-12(16)6-4-11/h2-8H,9H2,1H3,(H2,17,18,19). The Morgan fingerprint density at radius 1 is 1.16 bits per heavy atom. The maximum Gasteiger partial charge on any atom is 0.201 e. The van der Waals surface area contributed by atoms with Crippen molar-refractivity contribution >= 4 is 32.9 Å². The number of aryl methyl sites for hydroxylation is 1. The average Bonchev–Trinajstić information content (AvgIpc) is 2.80. The van der Waals surface area contributed by atoms with Gasteiger partial charge in [0.15, 0.2) is 0 Å². The second kappa shape index (κ2) is 5.05. The summed E-state index contributed by atoms with van der Waals surface area (Å²) >= 11 is 3.43. The molecule has 0 spiro atoms. The Hall–Kier alpha value is -1.81. The van der Waals surface area contributed by atoms with E-state index in [0.29, 0.717) is 0 Å². The van der Waals surface area contributed by atoms with Crippen LogP contribution in [0.15, 0.2) is 46.9 Å². The van der Waals surface area contributed by atoms with Gasteiger partial charge >= 0.3 is 0 Å². The molecule has 0 bridgehead atoms. The molecular formula is C15H14BrN3. The number of benzene rings is 2. The molecule has 0 atom stereocenters. The first-order chi connectivity index (χ1) is 9.20. The Morgan fingerprint density at radius 2 is 1.95 bits per heavy atom. The van der Waals surface area contributed by atoms with E-state index in [-0.39, 0.29) is 0 Å². The number of halogens is 1. The van der Waals surface area contributed by atoms with Crippen molar-refractivity contribution in [1.29, 1.82) is 0 Å². The van der Waals surface area contributed by atoms with Crippen LogP contribution in [0.2, 0.25) is 0 Å². The van der Waals surface area contributed by atoms with Gasteiger partial charge in [-0.1, -0.05) is 34.1 Å². The number of rotatable bonds is 3. The molecule has 4 heteroatoms. The van der Waals surface area contributed by atoms with Gasteiger partial charge in [0.25, 0.3) is 0 Å². The maximum absolute atomic E-state index is 4.51. The van der Waals surface area contributed by atoms with Crippen LogP contribution in [-0.2, 0) is 6.54 Å². The summed E-state index contributed by atoms with van der Waals surface area (Å²) in [7, 11) is 0. The molecule has 0 radical (unpaired) electrons. The number of fused-ring (bicyclic) bond motifs is 1. The van der Waals surface area contributed by atoms with Gasteiger partial charge in [-0.3, -0.25) is 0 Å². The number of hydrogen-bond donors (Lipinski definition) is 2. The Balaban J connectivity index is 1.76. The molecule has 0 unspecified atom stereocenters. The van der Waals surface area contributed by atoms with E-state index in [2.05, 4.69) is 62.4 Å². The highest BCUT2D eigenvalue weighted by molar-refractivity contribution is 9.10. The van der Waals surface area contributed by atoms with E-state index in [4.69, 9.17) is 0 Å². The van der Waals surface area contributed by atoms with Gasteiger partial charge in [-0.25, -0.2) is 4.98 Å². The SMILES string of the molecule is Cc1ccc2nc(NCc3ccc(Br)cc3)[nH]c2c1. The minimum atomic E-state index is 0.756. The van der Waals surface area contributed by atoms with Gasteiger partial charge in [0.1, 0.15) is 0 Å². The number of aromatic amines is 1. The third-order valence-electron chi connectivity index (χ3n) is 3.01. The van der Waals surface area contributed by atoms with Crippen LogP contribution in [0, 0.1) is 6.92 Å². The van der Waals surface area contributed by atoms with Crippen molar-refractivity contribution in [3.63, 3.8) is 0 Å². The highest BCUT2D eigenvalue weighted by Gasteiger charge is 2.02. The topological polar surface area (TPSA) is 40.7 Å². The molecule has 2 N–H and O–H groups in total. The van der Waals surface area contributed by atoms with Crippen LogP contribution in [0.3, 0.4) is 0 Å². The minimum Gasteiger partial charge on any atom is -0.352 e. The fraction of sp³-hybridized carbons (Fsp3) is 0.133. The Kier molecular flexibility index (Phi) is 3.25. The third-order valence-corrected chi connectivity index (χ3v) is 3.54. The van der Waals surface area contributed by atoms with Gasteiger partial charge in [0.2, 0.25) is 5.95 Å². The number of hydrogen-bond acceptors (Lipinski definition) is 2. The first-order valence-corrected chi connectivity index (χ1v) is 6.95. The van der Waals surface area contributed by atoms with Crippen LogP contribution in [0.4, 0.5) is 5.95 Å². The van der Waals surface area contributed by atoms with Gasteiger partial charge in [-0.05, 0) is 42.3 Å². The highest BCUT2D eigenvalue weighted by Crippen LogP contribution is 2.16. The molecule has 0 fully saturated rings. The van der Waals surface area contributed by atoms with Gasteiger partial charge in [-0.15, -0.1) is 0 Å². The van der Waals surface area contributed by atoms with Gasteiger partial charge in [0, 0.05) is 11.0 Å². The van der Waals surface area contributed by atoms with E-state index in [1.54, 1.807) is 0 Å². The summed E-state index contributed by atoms with van der Waals surface area (Å²) in [4.78, 5) is 7.80. The molecule has 3 rings (SSSR count). The zero-order valence-corrected chi connectivity index (χ0v) is 12.2.